The van der Waals surface area contributed by atoms with Crippen LogP contribution in [0.3, 0.4) is 0 Å². The van der Waals surface area contributed by atoms with Crippen LogP contribution >= 0.6 is 0 Å². The van der Waals surface area contributed by atoms with Gasteiger partial charge in [-0.15, -0.1) is 0 Å². The topological polar surface area (TPSA) is 75.5 Å². The third kappa shape index (κ3) is 4.07. The molecule has 0 N–H and O–H groups in total. The molecule has 258 valence electrons. The van der Waals surface area contributed by atoms with Gasteiger partial charge in [-0.2, -0.15) is 10.5 Å². The van der Waals surface area contributed by atoms with Gasteiger partial charge >= 0.3 is 0 Å². The van der Waals surface area contributed by atoms with E-state index in [2.05, 4.69) is 147 Å². The molecule has 0 aliphatic heterocycles. The normalized spacial score (nSPS) is 11.9. The predicted octanol–water partition coefficient (Wildman–Crippen LogP) is 12.6. The lowest BCUT2D eigenvalue weighted by atomic mass is 10.1. The van der Waals surface area contributed by atoms with Crippen molar-refractivity contribution in [1.82, 2.24) is 13.7 Å². The molecular formula is C50H27N5O. The number of hydrogen-bond acceptors (Lipinski definition) is 3. The summed E-state index contributed by atoms with van der Waals surface area (Å²) in [6.45, 7) is 0. The highest BCUT2D eigenvalue weighted by Crippen LogP contribution is 2.43. The quantitative estimate of drug-likeness (QED) is 0.183. The first-order valence-electron chi connectivity index (χ1n) is 18.5. The zero-order valence-corrected chi connectivity index (χ0v) is 29.7. The van der Waals surface area contributed by atoms with Crippen LogP contribution in [0.1, 0.15) is 11.1 Å². The van der Waals surface area contributed by atoms with Gasteiger partial charge < -0.3 is 18.1 Å². The van der Waals surface area contributed by atoms with Crippen LogP contribution in [0.25, 0.3) is 104 Å². The zero-order chi connectivity index (χ0) is 37.1. The maximum atomic E-state index is 9.71. The molecule has 12 rings (SSSR count). The van der Waals surface area contributed by atoms with Crippen molar-refractivity contribution < 1.29 is 4.42 Å². The van der Waals surface area contributed by atoms with Crippen LogP contribution in [-0.2, 0) is 0 Å². The first-order valence-corrected chi connectivity index (χ1v) is 18.5. The van der Waals surface area contributed by atoms with Gasteiger partial charge in [0, 0.05) is 60.2 Å². The van der Waals surface area contributed by atoms with E-state index in [-0.39, 0.29) is 0 Å². The van der Waals surface area contributed by atoms with Gasteiger partial charge in [0.2, 0.25) is 0 Å². The highest BCUT2D eigenvalue weighted by Gasteiger charge is 2.22. The second-order valence-electron chi connectivity index (χ2n) is 14.4. The number of rotatable bonds is 3. The molecule has 4 aromatic heterocycles. The highest BCUT2D eigenvalue weighted by molar-refractivity contribution is 6.26. The molecule has 8 aromatic carbocycles. The maximum Gasteiger partial charge on any atom is 0.135 e. The van der Waals surface area contributed by atoms with E-state index < -0.39 is 0 Å². The number of aromatic nitrogens is 3. The van der Waals surface area contributed by atoms with Crippen molar-refractivity contribution in [1.29, 1.82) is 10.5 Å². The number of hydrogen-bond donors (Lipinski definition) is 0. The summed E-state index contributed by atoms with van der Waals surface area (Å²) in [6, 6.07) is 61.4. The van der Waals surface area contributed by atoms with Crippen molar-refractivity contribution in [2.45, 2.75) is 0 Å². The fourth-order valence-electron chi connectivity index (χ4n) is 9.10. The minimum absolute atomic E-state index is 0.579. The van der Waals surface area contributed by atoms with Gasteiger partial charge in [0.25, 0.3) is 0 Å². The molecule has 0 amide bonds. The van der Waals surface area contributed by atoms with E-state index in [1.807, 2.05) is 42.5 Å². The summed E-state index contributed by atoms with van der Waals surface area (Å²) in [6.07, 6.45) is 0. The van der Waals surface area contributed by atoms with Gasteiger partial charge in [-0.1, -0.05) is 60.7 Å². The van der Waals surface area contributed by atoms with Crippen LogP contribution in [0, 0.1) is 22.7 Å². The van der Waals surface area contributed by atoms with Crippen LogP contribution in [0.4, 0.5) is 0 Å². The maximum absolute atomic E-state index is 9.71. The van der Waals surface area contributed by atoms with E-state index in [0.29, 0.717) is 11.1 Å². The van der Waals surface area contributed by atoms with Crippen molar-refractivity contribution in [3.05, 3.63) is 175 Å². The number of furan rings is 1. The molecule has 56 heavy (non-hydrogen) atoms. The first kappa shape index (κ1) is 30.4. The number of para-hydroxylation sites is 3. The van der Waals surface area contributed by atoms with Crippen molar-refractivity contribution in [2.75, 3.05) is 0 Å². The second kappa shape index (κ2) is 11.2. The molecule has 0 aliphatic carbocycles. The molecule has 12 aromatic rings. The fourth-order valence-corrected chi connectivity index (χ4v) is 9.10. The van der Waals surface area contributed by atoms with Gasteiger partial charge in [0.15, 0.2) is 0 Å². The summed E-state index contributed by atoms with van der Waals surface area (Å²) in [5.74, 6) is 0. The average Bonchev–Trinajstić information content (AvgIpc) is 3.99. The predicted molar refractivity (Wildman–Crippen MR) is 226 cm³/mol. The Balaban J connectivity index is 1.12. The SMILES string of the molecule is N#Cc1ccc2c(c1)c1cc(C#N)ccc1n2-c1ccc2oc3ccc(-n4c5ccccc5c5c4ccc4c6ccccc6n(-c6ccccc6)c45)cc3c2c1. The Bertz CT molecular complexity index is 3660. The molecular weight excluding hydrogens is 687 g/mol. The van der Waals surface area contributed by atoms with Crippen molar-refractivity contribution in [2.24, 2.45) is 0 Å². The van der Waals surface area contributed by atoms with Gasteiger partial charge in [-0.05, 0) is 103 Å². The molecule has 0 atom stereocenters. The lowest BCUT2D eigenvalue weighted by Gasteiger charge is -2.10. The van der Waals surface area contributed by atoms with E-state index in [0.717, 1.165) is 71.8 Å². The van der Waals surface area contributed by atoms with Gasteiger partial charge in [-0.25, -0.2) is 0 Å². The van der Waals surface area contributed by atoms with Crippen LogP contribution < -0.4 is 0 Å². The molecule has 4 heterocycles. The fraction of sp³-hybridized carbons (Fsp3) is 0. The molecule has 0 saturated carbocycles. The smallest absolute Gasteiger partial charge is 0.135 e. The van der Waals surface area contributed by atoms with Crippen LogP contribution in [0.5, 0.6) is 0 Å². The molecule has 0 radical (unpaired) electrons. The summed E-state index contributed by atoms with van der Waals surface area (Å²) in [5, 5.41) is 28.2. The highest BCUT2D eigenvalue weighted by atomic mass is 16.3. The summed E-state index contributed by atoms with van der Waals surface area (Å²) in [7, 11) is 0. The van der Waals surface area contributed by atoms with Crippen LogP contribution in [0.2, 0.25) is 0 Å². The Morgan fingerprint density at radius 1 is 0.357 bits per heavy atom. The van der Waals surface area contributed by atoms with Gasteiger partial charge in [0.05, 0.1) is 56.4 Å². The van der Waals surface area contributed by atoms with Crippen molar-refractivity contribution in [3.63, 3.8) is 0 Å². The van der Waals surface area contributed by atoms with E-state index in [1.165, 1.54) is 32.6 Å². The Hall–Kier alpha value is -8.06. The molecule has 0 fully saturated rings. The lowest BCUT2D eigenvalue weighted by Crippen LogP contribution is -1.95. The van der Waals surface area contributed by atoms with E-state index >= 15 is 0 Å². The molecule has 0 spiro atoms. The monoisotopic (exact) mass is 713 g/mol. The third-order valence-corrected chi connectivity index (χ3v) is 11.5. The Morgan fingerprint density at radius 3 is 1.50 bits per heavy atom. The Morgan fingerprint density at radius 2 is 0.875 bits per heavy atom. The first-order chi connectivity index (χ1) is 27.7. The van der Waals surface area contributed by atoms with Crippen LogP contribution in [-0.4, -0.2) is 13.7 Å². The third-order valence-electron chi connectivity index (χ3n) is 11.5. The van der Waals surface area contributed by atoms with Gasteiger partial charge in [0.1, 0.15) is 11.2 Å². The van der Waals surface area contributed by atoms with Crippen molar-refractivity contribution >= 4 is 87.4 Å². The number of nitrogens with zero attached hydrogens (tertiary/aromatic N) is 5. The number of nitriles is 2. The molecule has 6 heteroatoms. The molecule has 0 bridgehead atoms. The van der Waals surface area contributed by atoms with Gasteiger partial charge in [-0.3, -0.25) is 0 Å². The Labute approximate surface area is 319 Å². The summed E-state index contributed by atoms with van der Waals surface area (Å²) in [5.41, 5.74) is 12.5. The summed E-state index contributed by atoms with van der Waals surface area (Å²) < 4.78 is 13.5. The number of fused-ring (bicyclic) bond motifs is 13. The minimum atomic E-state index is 0.579. The zero-order valence-electron chi connectivity index (χ0n) is 29.7. The van der Waals surface area contributed by atoms with E-state index in [4.69, 9.17) is 4.42 Å². The minimum Gasteiger partial charge on any atom is -0.456 e. The average molecular weight is 714 g/mol. The largest absolute Gasteiger partial charge is 0.456 e. The molecule has 0 aliphatic rings. The molecule has 6 nitrogen and oxygen atoms in total. The summed E-state index contributed by atoms with van der Waals surface area (Å²) in [4.78, 5) is 0. The van der Waals surface area contributed by atoms with Crippen LogP contribution in [0.15, 0.2) is 168 Å². The van der Waals surface area contributed by atoms with Crippen molar-refractivity contribution in [3.8, 4) is 29.2 Å². The molecule has 0 saturated heterocycles. The Kier molecular flexibility index (Phi) is 6.10. The standard InChI is InChI=1S/C50H27N5O/c51-28-30-14-19-44-38(24-30)39-25-31(29-52)15-20-45(39)53(44)33-16-22-47-40(26-33)41-27-34(17-23-48(41)56-47)54-43-13-7-5-11-37(43)49-46(54)21-18-36-35-10-4-6-12-42(35)55(50(36)49)32-8-2-1-3-9-32/h1-27H. The molecule has 0 unspecified atom stereocenters. The summed E-state index contributed by atoms with van der Waals surface area (Å²) >= 11 is 0. The lowest BCUT2D eigenvalue weighted by molar-refractivity contribution is 0.669. The number of benzene rings is 8. The van der Waals surface area contributed by atoms with E-state index in [1.54, 1.807) is 0 Å². The second-order valence-corrected chi connectivity index (χ2v) is 14.4. The van der Waals surface area contributed by atoms with E-state index in [9.17, 15) is 10.5 Å².